The molecule has 0 fully saturated rings. The van der Waals surface area contributed by atoms with Crippen molar-refractivity contribution in [2.45, 2.75) is 38.5 Å². The zero-order chi connectivity index (χ0) is 30.2. The second-order valence-electron chi connectivity index (χ2n) is 11.0. The van der Waals surface area contributed by atoms with Gasteiger partial charge in [-0.3, -0.25) is 0 Å². The molecule has 1 aliphatic rings. The summed E-state index contributed by atoms with van der Waals surface area (Å²) in [6, 6.07) is 14.6. The van der Waals surface area contributed by atoms with Crippen molar-refractivity contribution in [2.75, 3.05) is 20.2 Å². The van der Waals surface area contributed by atoms with Crippen LogP contribution in [0.25, 0.3) is 27.7 Å². The Morgan fingerprint density at radius 3 is 2.50 bits per heavy atom. The molecule has 220 valence electrons. The fourth-order valence-corrected chi connectivity index (χ4v) is 6.87. The van der Waals surface area contributed by atoms with Crippen LogP contribution in [0, 0.1) is 5.82 Å². The number of carbonyl (C=O) groups is 1. The Hall–Kier alpha value is -3.89. The van der Waals surface area contributed by atoms with Gasteiger partial charge in [-0.2, -0.15) is 0 Å². The largest absolute Gasteiger partial charge is 0.496 e. The molecule has 0 saturated heterocycles. The van der Waals surface area contributed by atoms with E-state index in [1.54, 1.807) is 56.0 Å². The SMILES string of the molecule is COc1ccc(F)cc1-c1c(Cl)cnc2c1cc(C1=CCN(C(=O)OC(C)(C)C)CC1)n2S(=O)(=O)Cc1ccccc1. The lowest BCUT2D eigenvalue weighted by atomic mass is 10.0. The predicted molar refractivity (Wildman–Crippen MR) is 162 cm³/mol. The molecule has 0 spiro atoms. The molecule has 0 atom stereocenters. The van der Waals surface area contributed by atoms with Gasteiger partial charge in [0.2, 0.25) is 10.0 Å². The first kappa shape index (κ1) is 29.6. The van der Waals surface area contributed by atoms with E-state index < -0.39 is 27.5 Å². The molecule has 1 amide bonds. The number of carbonyl (C=O) groups excluding carboxylic acids is 1. The first-order chi connectivity index (χ1) is 19.9. The maximum Gasteiger partial charge on any atom is 0.410 e. The molecule has 2 aromatic carbocycles. The van der Waals surface area contributed by atoms with Gasteiger partial charge in [0.15, 0.2) is 5.65 Å². The number of ether oxygens (including phenoxy) is 2. The molecule has 0 radical (unpaired) electrons. The van der Waals surface area contributed by atoms with Gasteiger partial charge in [-0.05, 0) is 62.6 Å². The number of aromatic nitrogens is 2. The topological polar surface area (TPSA) is 90.7 Å². The summed E-state index contributed by atoms with van der Waals surface area (Å²) < 4.78 is 54.8. The zero-order valence-corrected chi connectivity index (χ0v) is 25.3. The Kier molecular flexibility index (Phi) is 8.04. The van der Waals surface area contributed by atoms with Crippen molar-refractivity contribution in [1.29, 1.82) is 0 Å². The summed E-state index contributed by atoms with van der Waals surface area (Å²) in [5, 5.41) is 0.637. The van der Waals surface area contributed by atoms with E-state index in [1.165, 1.54) is 35.5 Å². The van der Waals surface area contributed by atoms with Gasteiger partial charge in [-0.25, -0.2) is 26.6 Å². The van der Waals surface area contributed by atoms with E-state index in [0.717, 1.165) is 5.57 Å². The summed E-state index contributed by atoms with van der Waals surface area (Å²) in [6.45, 7) is 5.98. The molecule has 1 aliphatic heterocycles. The number of hydrogen-bond donors (Lipinski definition) is 0. The van der Waals surface area contributed by atoms with Gasteiger partial charge in [0, 0.05) is 35.8 Å². The molecule has 8 nitrogen and oxygen atoms in total. The van der Waals surface area contributed by atoms with Crippen molar-refractivity contribution < 1.29 is 27.1 Å². The van der Waals surface area contributed by atoms with Gasteiger partial charge in [-0.1, -0.05) is 48.0 Å². The van der Waals surface area contributed by atoms with Crippen molar-refractivity contribution in [1.82, 2.24) is 13.9 Å². The van der Waals surface area contributed by atoms with Crippen LogP contribution in [-0.2, 0) is 20.5 Å². The maximum absolute atomic E-state index is 14.4. The van der Waals surface area contributed by atoms with Crippen LogP contribution < -0.4 is 4.74 Å². The summed E-state index contributed by atoms with van der Waals surface area (Å²) in [5.41, 5.74) is 2.02. The van der Waals surface area contributed by atoms with Crippen LogP contribution in [0.3, 0.4) is 0 Å². The minimum Gasteiger partial charge on any atom is -0.496 e. The average Bonchev–Trinajstić information content (AvgIpc) is 3.33. The van der Waals surface area contributed by atoms with E-state index in [-0.39, 0.29) is 23.0 Å². The highest BCUT2D eigenvalue weighted by Gasteiger charge is 2.30. The molecule has 42 heavy (non-hydrogen) atoms. The Morgan fingerprint density at radius 2 is 1.86 bits per heavy atom. The monoisotopic (exact) mass is 611 g/mol. The highest BCUT2D eigenvalue weighted by molar-refractivity contribution is 7.89. The van der Waals surface area contributed by atoms with E-state index >= 15 is 0 Å². The molecular formula is C31H31ClFN3O5S. The summed E-state index contributed by atoms with van der Waals surface area (Å²) in [6.07, 6.45) is 3.12. The number of benzene rings is 2. The number of hydrogen-bond acceptors (Lipinski definition) is 6. The van der Waals surface area contributed by atoms with Crippen molar-refractivity contribution in [3.63, 3.8) is 0 Å². The molecule has 2 aromatic heterocycles. The highest BCUT2D eigenvalue weighted by Crippen LogP contribution is 2.42. The van der Waals surface area contributed by atoms with Crippen molar-refractivity contribution in [3.8, 4) is 16.9 Å². The third kappa shape index (κ3) is 6.00. The van der Waals surface area contributed by atoms with E-state index in [2.05, 4.69) is 4.98 Å². The highest BCUT2D eigenvalue weighted by atomic mass is 35.5. The molecule has 0 N–H and O–H groups in total. The van der Waals surface area contributed by atoms with E-state index in [0.29, 0.717) is 46.5 Å². The number of amides is 1. The molecule has 0 bridgehead atoms. The Bertz CT molecular complexity index is 1800. The summed E-state index contributed by atoms with van der Waals surface area (Å²) >= 11 is 6.65. The lowest BCUT2D eigenvalue weighted by Gasteiger charge is -2.29. The average molecular weight is 612 g/mol. The molecule has 4 aromatic rings. The third-order valence-corrected chi connectivity index (χ3v) is 8.74. The van der Waals surface area contributed by atoms with Gasteiger partial charge in [0.1, 0.15) is 17.2 Å². The first-order valence-corrected chi connectivity index (χ1v) is 15.3. The number of fused-ring (bicyclic) bond motifs is 1. The number of methoxy groups -OCH3 is 1. The number of rotatable bonds is 6. The van der Waals surface area contributed by atoms with Gasteiger partial charge < -0.3 is 14.4 Å². The minimum atomic E-state index is -4.01. The lowest BCUT2D eigenvalue weighted by Crippen LogP contribution is -2.39. The molecule has 3 heterocycles. The van der Waals surface area contributed by atoms with Crippen LogP contribution >= 0.6 is 11.6 Å². The Labute approximate surface area is 249 Å². The molecule has 0 unspecified atom stereocenters. The predicted octanol–water partition coefficient (Wildman–Crippen LogP) is 6.91. The van der Waals surface area contributed by atoms with Gasteiger partial charge in [-0.15, -0.1) is 0 Å². The summed E-state index contributed by atoms with van der Waals surface area (Å²) in [7, 11) is -2.54. The normalized spacial score (nSPS) is 14.1. The van der Waals surface area contributed by atoms with Gasteiger partial charge in [0.25, 0.3) is 0 Å². The van der Waals surface area contributed by atoms with Crippen LogP contribution in [0.1, 0.15) is 38.4 Å². The maximum atomic E-state index is 14.4. The molecule has 0 saturated carbocycles. The fourth-order valence-electron chi connectivity index (χ4n) is 5.00. The molecular weight excluding hydrogens is 581 g/mol. The number of pyridine rings is 1. The van der Waals surface area contributed by atoms with Crippen molar-refractivity contribution in [3.05, 3.63) is 89.0 Å². The van der Waals surface area contributed by atoms with E-state index in [1.807, 2.05) is 12.1 Å². The third-order valence-electron chi connectivity index (χ3n) is 6.83. The summed E-state index contributed by atoms with van der Waals surface area (Å²) in [4.78, 5) is 18.7. The number of nitrogens with zero attached hydrogens (tertiary/aromatic N) is 3. The van der Waals surface area contributed by atoms with Crippen LogP contribution in [0.15, 0.2) is 66.9 Å². The van der Waals surface area contributed by atoms with Crippen LogP contribution in [0.5, 0.6) is 5.75 Å². The van der Waals surface area contributed by atoms with Gasteiger partial charge >= 0.3 is 6.09 Å². The quantitative estimate of drug-likeness (QED) is 0.235. The molecule has 5 rings (SSSR count). The summed E-state index contributed by atoms with van der Waals surface area (Å²) in [5.74, 6) is -0.400. The van der Waals surface area contributed by atoms with Gasteiger partial charge in [0.05, 0.1) is 23.6 Å². The van der Waals surface area contributed by atoms with Crippen molar-refractivity contribution >= 4 is 44.3 Å². The van der Waals surface area contributed by atoms with Crippen LogP contribution in [-0.4, -0.2) is 54.2 Å². The first-order valence-electron chi connectivity index (χ1n) is 13.4. The fraction of sp³-hybridized carbons (Fsp3) is 0.290. The minimum absolute atomic E-state index is 0.155. The molecule has 11 heteroatoms. The van der Waals surface area contributed by atoms with E-state index in [9.17, 15) is 17.6 Å². The van der Waals surface area contributed by atoms with E-state index in [4.69, 9.17) is 21.1 Å². The second kappa shape index (κ2) is 11.4. The lowest BCUT2D eigenvalue weighted by molar-refractivity contribution is 0.0270. The molecule has 0 aliphatic carbocycles. The van der Waals surface area contributed by atoms with Crippen LogP contribution in [0.2, 0.25) is 5.02 Å². The number of halogens is 2. The Morgan fingerprint density at radius 1 is 1.12 bits per heavy atom. The smallest absolute Gasteiger partial charge is 0.410 e. The standard InChI is InChI=1S/C31H31ClFN3O5S/c1-31(2,3)41-30(37)35-14-12-21(13-15-35)26-17-24-28(23-16-22(33)10-11-27(23)40-4)25(32)18-34-29(24)36(26)42(38,39)19-20-8-6-5-7-9-20/h5-12,16-18H,13-15,19H2,1-4H3. The zero-order valence-electron chi connectivity index (χ0n) is 23.7. The Balaban J connectivity index is 1.69. The van der Waals surface area contributed by atoms with Crippen molar-refractivity contribution in [2.24, 2.45) is 0 Å². The van der Waals surface area contributed by atoms with Crippen LogP contribution in [0.4, 0.5) is 9.18 Å². The second-order valence-corrected chi connectivity index (χ2v) is 13.2.